The van der Waals surface area contributed by atoms with Crippen LogP contribution in [0.3, 0.4) is 0 Å². The van der Waals surface area contributed by atoms with Crippen LogP contribution in [0.2, 0.25) is 0 Å². The lowest BCUT2D eigenvalue weighted by molar-refractivity contribution is -0.521. The number of rotatable bonds is 1. The molecule has 6 heteroatoms. The van der Waals surface area contributed by atoms with E-state index in [0.29, 0.717) is 0 Å². The molecule has 0 aromatic rings. The molecule has 0 saturated carbocycles. The molecule has 0 fully saturated rings. The highest BCUT2D eigenvalue weighted by Gasteiger charge is 1.93. The van der Waals surface area contributed by atoms with Crippen LogP contribution in [-0.2, 0) is 0 Å². The number of hydrogen-bond donors (Lipinski definition) is 0. The number of nitro groups is 1. The van der Waals surface area contributed by atoms with Crippen LogP contribution in [0.1, 0.15) is 0 Å². The molecule has 0 unspecified atom stereocenters. The molecule has 0 spiro atoms. The van der Waals surface area contributed by atoms with Crippen LogP contribution in [0.25, 0.3) is 10.4 Å². The zero-order chi connectivity index (χ0) is 4.99. The van der Waals surface area contributed by atoms with Crippen LogP contribution in [0.4, 0.5) is 0 Å². The fraction of sp³-hybridized carbons (Fsp3) is 0. The van der Waals surface area contributed by atoms with Crippen LogP contribution < -0.4 is 5.22 Å². The van der Waals surface area contributed by atoms with Crippen molar-refractivity contribution < 1.29 is 5.03 Å². The summed E-state index contributed by atoms with van der Waals surface area (Å²) in [7, 11) is 0. The van der Waals surface area contributed by atoms with E-state index in [9.17, 15) is 0 Å². The van der Waals surface area contributed by atoms with Gasteiger partial charge in [-0.1, -0.05) is 0 Å². The molecule has 0 aliphatic carbocycles. The summed E-state index contributed by atoms with van der Waals surface area (Å²) < 4.78 is 0. The molecule has 1 radical (unpaired) electrons. The van der Waals surface area contributed by atoms with Crippen LogP contribution >= 0.6 is 0 Å². The summed E-state index contributed by atoms with van der Waals surface area (Å²) >= 11 is 0. The van der Waals surface area contributed by atoms with Crippen LogP contribution in [0.15, 0.2) is 0 Å². The number of azide groups is 1. The Kier molecular flexibility index (Phi) is 1.55. The van der Waals surface area contributed by atoms with Gasteiger partial charge in [0.25, 0.3) is 5.03 Å². The molecule has 0 aromatic heterocycles. The molecule has 0 saturated heterocycles. The molecule has 0 rings (SSSR count). The lowest BCUT2D eigenvalue weighted by atomic mass is 12.6. The summed E-state index contributed by atoms with van der Waals surface area (Å²) in [5.41, 5.74) is 7.25. The monoisotopic (exact) mass is 88.0 g/mol. The summed E-state index contributed by atoms with van der Waals surface area (Å²) in [4.78, 5) is 10.8. The van der Waals surface area contributed by atoms with E-state index in [1.807, 2.05) is 10.1 Å². The minimum absolute atomic E-state index is 1.11. The van der Waals surface area contributed by atoms with Crippen molar-refractivity contribution in [2.24, 2.45) is 0 Å². The first-order valence-electron chi connectivity index (χ1n) is 0.965. The molecule has 0 aromatic carbocycles. The van der Waals surface area contributed by atoms with Crippen molar-refractivity contribution in [3.8, 4) is 0 Å². The van der Waals surface area contributed by atoms with Gasteiger partial charge in [-0.05, 0) is 0 Å². The number of nitrogens with zero attached hydrogens (tertiary/aromatic N) is 4. The fourth-order valence-electron chi connectivity index (χ4n) is 0.0327. The molecule has 0 N–H and O–H groups in total. The highest BCUT2D eigenvalue weighted by molar-refractivity contribution is 4.23. The second kappa shape index (κ2) is 1.98. The van der Waals surface area contributed by atoms with E-state index in [1.54, 1.807) is 0 Å². The van der Waals surface area contributed by atoms with Crippen molar-refractivity contribution in [3.05, 3.63) is 20.6 Å². The van der Waals surface area contributed by atoms with Crippen molar-refractivity contribution >= 4 is 0 Å². The summed E-state index contributed by atoms with van der Waals surface area (Å²) in [5.74, 6) is 0. The fourth-order valence-corrected chi connectivity index (χ4v) is 0.0327. The lowest BCUT2D eigenvalue weighted by Crippen LogP contribution is -1.93. The quantitative estimate of drug-likeness (QED) is 0.146. The van der Waals surface area contributed by atoms with Gasteiger partial charge in [0.1, 0.15) is 0 Å². The van der Waals surface area contributed by atoms with Gasteiger partial charge >= 0.3 is 15.7 Å². The van der Waals surface area contributed by atoms with E-state index < -0.39 is 5.03 Å². The standard InChI is InChI=1S/N4O2/c1-2-3-4(5)6/q+1. The molecule has 0 atom stereocenters. The molecule has 0 aliphatic rings. The first kappa shape index (κ1) is 4.71. The maximum absolute atomic E-state index is 8.98. The maximum atomic E-state index is 8.98. The van der Waals surface area contributed by atoms with Crippen molar-refractivity contribution in [1.82, 2.24) is 5.22 Å². The third-order valence-corrected chi connectivity index (χ3v) is 0.113. The van der Waals surface area contributed by atoms with Crippen molar-refractivity contribution in [3.63, 3.8) is 0 Å². The van der Waals surface area contributed by atoms with Crippen molar-refractivity contribution in [2.45, 2.75) is 0 Å². The first-order valence-corrected chi connectivity index (χ1v) is 0.965. The molecule has 6 nitrogen and oxygen atoms in total. The molecule has 0 bridgehead atoms. The van der Waals surface area contributed by atoms with E-state index in [-0.39, 0.29) is 0 Å². The van der Waals surface area contributed by atoms with Crippen LogP contribution in [0, 0.1) is 10.1 Å². The average molecular weight is 88.0 g/mol. The minimum atomic E-state index is -1.11. The third-order valence-electron chi connectivity index (χ3n) is 0.113. The summed E-state index contributed by atoms with van der Waals surface area (Å²) in [6.45, 7) is 0. The van der Waals surface area contributed by atoms with Crippen LogP contribution in [-0.4, -0.2) is 5.03 Å². The molecule has 6 heavy (non-hydrogen) atoms. The Labute approximate surface area is 32.1 Å². The molecular formula is N4O2+. The molecule has 0 aliphatic heterocycles. The van der Waals surface area contributed by atoms with Gasteiger partial charge in [-0.2, -0.15) is 0 Å². The summed E-state index contributed by atoms with van der Waals surface area (Å²) in [6, 6.07) is 0. The van der Waals surface area contributed by atoms with E-state index in [4.69, 9.17) is 15.6 Å². The SMILES string of the molecule is [N-]=[N+]=[N+][N+](=O)[O-]. The third kappa shape index (κ3) is 2.71. The van der Waals surface area contributed by atoms with Crippen LogP contribution in [0.5, 0.6) is 0 Å². The zero-order valence-electron chi connectivity index (χ0n) is 2.61. The van der Waals surface area contributed by atoms with Gasteiger partial charge in [0, 0.05) is 0 Å². The largest absolute Gasteiger partial charge is 0.498 e. The van der Waals surface area contributed by atoms with E-state index in [1.165, 1.54) is 0 Å². The Hall–Kier alpha value is -1.29. The molecule has 31 valence electrons. The van der Waals surface area contributed by atoms with E-state index >= 15 is 0 Å². The van der Waals surface area contributed by atoms with Crippen molar-refractivity contribution in [1.29, 1.82) is 0 Å². The molecule has 0 amide bonds. The highest BCUT2D eigenvalue weighted by Crippen LogP contribution is 1.48. The van der Waals surface area contributed by atoms with Crippen molar-refractivity contribution in [2.75, 3.05) is 0 Å². The number of hydrogen-bond acceptors (Lipinski definition) is 2. The molecule has 0 heterocycles. The normalized spacial score (nSPS) is 6.00. The lowest BCUT2D eigenvalue weighted by Gasteiger charge is -1.50. The van der Waals surface area contributed by atoms with Gasteiger partial charge in [0.05, 0.1) is 0 Å². The predicted octanol–water partition coefficient (Wildman–Crippen LogP) is -0.176. The predicted molar refractivity (Wildman–Crippen MR) is 15.8 cm³/mol. The van der Waals surface area contributed by atoms with Gasteiger partial charge in [-0.3, -0.25) is 0 Å². The average Bonchev–Trinajstić information content (AvgIpc) is 1.35. The Morgan fingerprint density at radius 3 is 2.33 bits per heavy atom. The van der Waals surface area contributed by atoms with E-state index in [2.05, 4.69) is 0 Å². The Bertz CT molecular complexity index is 98.1. The minimum Gasteiger partial charge on any atom is -0.228 e. The summed E-state index contributed by atoms with van der Waals surface area (Å²) in [5, 5.41) is 9.90. The highest BCUT2D eigenvalue weighted by atomic mass is 16.7. The Morgan fingerprint density at radius 2 is 2.33 bits per heavy atom. The second-order valence-corrected chi connectivity index (χ2v) is 0.417. The van der Waals surface area contributed by atoms with Gasteiger partial charge in [0.2, 0.25) is 0 Å². The smallest absolute Gasteiger partial charge is 0.228 e. The Morgan fingerprint density at radius 1 is 1.83 bits per heavy atom. The molecular weight excluding hydrogens is 88.0 g/mol. The van der Waals surface area contributed by atoms with Gasteiger partial charge in [0.15, 0.2) is 0 Å². The van der Waals surface area contributed by atoms with Gasteiger partial charge in [-0.15, -0.1) is 0 Å². The summed E-state index contributed by atoms with van der Waals surface area (Å²) in [6.07, 6.45) is 0. The Balaban J connectivity index is 3.60. The maximum Gasteiger partial charge on any atom is 0.498 e. The topological polar surface area (TPSA) is 93.6 Å². The second-order valence-electron chi connectivity index (χ2n) is 0.417. The zero-order valence-corrected chi connectivity index (χ0v) is 2.61. The van der Waals surface area contributed by atoms with E-state index in [0.717, 1.165) is 0 Å². The van der Waals surface area contributed by atoms with Gasteiger partial charge in [-0.25, -0.2) is 10.1 Å². The van der Waals surface area contributed by atoms with Gasteiger partial charge < -0.3 is 0 Å². The first-order chi connectivity index (χ1) is 2.77.